The zero-order valence-corrected chi connectivity index (χ0v) is 19.3. The van der Waals surface area contributed by atoms with Gasteiger partial charge in [-0.15, -0.1) is 0 Å². The van der Waals surface area contributed by atoms with E-state index >= 15 is 0 Å². The third-order valence-electron chi connectivity index (χ3n) is 6.35. The molecule has 1 saturated heterocycles. The van der Waals surface area contributed by atoms with Crippen molar-refractivity contribution in [1.82, 2.24) is 9.80 Å². The van der Waals surface area contributed by atoms with E-state index in [2.05, 4.69) is 58.3 Å². The van der Waals surface area contributed by atoms with E-state index < -0.39 is 0 Å². The molecule has 160 valence electrons. The van der Waals surface area contributed by atoms with E-state index in [0.29, 0.717) is 6.04 Å². The van der Waals surface area contributed by atoms with Crippen LogP contribution in [0.2, 0.25) is 5.02 Å². The number of benzene rings is 3. The fourth-order valence-electron chi connectivity index (χ4n) is 4.63. The van der Waals surface area contributed by atoms with Crippen LogP contribution in [0.15, 0.2) is 76.5 Å². The van der Waals surface area contributed by atoms with Gasteiger partial charge in [-0.05, 0) is 59.5 Å². The molecule has 3 aromatic rings. The average molecular weight is 451 g/mol. The van der Waals surface area contributed by atoms with Gasteiger partial charge in [0.15, 0.2) is 0 Å². The monoisotopic (exact) mass is 450 g/mol. The number of ether oxygens (including phenoxy) is 1. The summed E-state index contributed by atoms with van der Waals surface area (Å²) in [5.74, 6) is 0.914. The number of methoxy groups -OCH3 is 1. The first kappa shape index (κ1) is 20.9. The van der Waals surface area contributed by atoms with Gasteiger partial charge in [-0.2, -0.15) is 0 Å². The van der Waals surface area contributed by atoms with Crippen LogP contribution in [0.3, 0.4) is 0 Å². The standard InChI is InChI=1S/C26H27ClN2OS/c1-30-22-9-6-19(7-10-22)18-28-12-14-29(15-13-28)24-16-20-4-2-3-5-25(20)31-26-11-8-21(27)17-23(24)26/h2-11,17,24H,12-16,18H2,1H3. The maximum atomic E-state index is 6.44. The molecule has 0 aliphatic carbocycles. The van der Waals surface area contributed by atoms with Crippen LogP contribution in [0.4, 0.5) is 0 Å². The first-order valence-electron chi connectivity index (χ1n) is 10.8. The van der Waals surface area contributed by atoms with Crippen LogP contribution in [0.25, 0.3) is 0 Å². The summed E-state index contributed by atoms with van der Waals surface area (Å²) in [7, 11) is 1.71. The molecule has 1 unspecified atom stereocenters. The third-order valence-corrected chi connectivity index (χ3v) is 7.79. The Bertz CT molecular complexity index is 1050. The van der Waals surface area contributed by atoms with E-state index in [9.17, 15) is 0 Å². The molecular weight excluding hydrogens is 424 g/mol. The molecule has 1 fully saturated rings. The summed E-state index contributed by atoms with van der Waals surface area (Å²) in [5.41, 5.74) is 4.15. The van der Waals surface area contributed by atoms with Gasteiger partial charge in [0.05, 0.1) is 7.11 Å². The van der Waals surface area contributed by atoms with Gasteiger partial charge < -0.3 is 4.74 Å². The molecule has 5 heteroatoms. The maximum absolute atomic E-state index is 6.44. The van der Waals surface area contributed by atoms with E-state index in [-0.39, 0.29) is 0 Å². The van der Waals surface area contributed by atoms with Crippen LogP contribution in [-0.2, 0) is 13.0 Å². The Balaban J connectivity index is 1.32. The number of nitrogens with zero attached hydrogens (tertiary/aromatic N) is 2. The summed E-state index contributed by atoms with van der Waals surface area (Å²) in [6, 6.07) is 24.0. The predicted octanol–water partition coefficient (Wildman–Crippen LogP) is 5.91. The molecule has 3 aromatic carbocycles. The lowest BCUT2D eigenvalue weighted by molar-refractivity contribution is 0.0902. The van der Waals surface area contributed by atoms with Crippen LogP contribution in [-0.4, -0.2) is 43.1 Å². The molecule has 2 heterocycles. The molecule has 2 aliphatic heterocycles. The molecule has 2 aliphatic rings. The normalized spacial score (nSPS) is 19.4. The summed E-state index contributed by atoms with van der Waals surface area (Å²) in [6.07, 6.45) is 1.04. The molecule has 5 rings (SSSR count). The number of piperazine rings is 1. The number of hydrogen-bond acceptors (Lipinski definition) is 4. The predicted molar refractivity (Wildman–Crippen MR) is 128 cm³/mol. The van der Waals surface area contributed by atoms with Gasteiger partial charge in [0, 0.05) is 53.6 Å². The minimum absolute atomic E-state index is 0.369. The summed E-state index contributed by atoms with van der Waals surface area (Å²) in [4.78, 5) is 7.91. The fourth-order valence-corrected chi connectivity index (χ4v) is 5.92. The summed E-state index contributed by atoms with van der Waals surface area (Å²) >= 11 is 8.31. The number of halogens is 1. The van der Waals surface area contributed by atoms with Gasteiger partial charge in [-0.3, -0.25) is 9.80 Å². The molecular formula is C26H27ClN2OS. The van der Waals surface area contributed by atoms with Crippen molar-refractivity contribution in [3.63, 3.8) is 0 Å². The highest BCUT2D eigenvalue weighted by atomic mass is 35.5. The SMILES string of the molecule is COc1ccc(CN2CCN(C3Cc4ccccc4Sc4ccc(Cl)cc43)CC2)cc1. The van der Waals surface area contributed by atoms with Crippen molar-refractivity contribution in [3.8, 4) is 5.75 Å². The van der Waals surface area contributed by atoms with Crippen molar-refractivity contribution in [1.29, 1.82) is 0 Å². The van der Waals surface area contributed by atoms with Gasteiger partial charge in [0.1, 0.15) is 5.75 Å². The van der Waals surface area contributed by atoms with Crippen LogP contribution in [0.1, 0.15) is 22.7 Å². The minimum atomic E-state index is 0.369. The Labute approximate surface area is 194 Å². The van der Waals surface area contributed by atoms with Crippen molar-refractivity contribution in [2.75, 3.05) is 33.3 Å². The Morgan fingerprint density at radius 2 is 1.71 bits per heavy atom. The first-order chi connectivity index (χ1) is 15.2. The highest BCUT2D eigenvalue weighted by Crippen LogP contribution is 2.43. The van der Waals surface area contributed by atoms with Crippen molar-refractivity contribution in [2.24, 2.45) is 0 Å². The summed E-state index contributed by atoms with van der Waals surface area (Å²) < 4.78 is 5.28. The lowest BCUT2D eigenvalue weighted by atomic mass is 9.96. The van der Waals surface area contributed by atoms with Gasteiger partial charge in [0.2, 0.25) is 0 Å². The average Bonchev–Trinajstić information content (AvgIpc) is 2.97. The van der Waals surface area contributed by atoms with Crippen LogP contribution >= 0.6 is 23.4 Å². The Morgan fingerprint density at radius 1 is 0.935 bits per heavy atom. The molecule has 31 heavy (non-hydrogen) atoms. The van der Waals surface area contributed by atoms with Crippen LogP contribution < -0.4 is 4.74 Å². The number of fused-ring (bicyclic) bond motifs is 2. The van der Waals surface area contributed by atoms with Gasteiger partial charge in [0.25, 0.3) is 0 Å². The van der Waals surface area contributed by atoms with E-state index in [4.69, 9.17) is 16.3 Å². The second-order valence-electron chi connectivity index (χ2n) is 8.27. The Hall–Kier alpha value is -1.98. The molecule has 1 atom stereocenters. The molecule has 0 bridgehead atoms. The molecule has 0 spiro atoms. The highest BCUT2D eigenvalue weighted by Gasteiger charge is 2.30. The van der Waals surface area contributed by atoms with Gasteiger partial charge in [-0.1, -0.05) is 53.7 Å². The molecule has 0 N–H and O–H groups in total. The molecule has 3 nitrogen and oxygen atoms in total. The summed E-state index contributed by atoms with van der Waals surface area (Å²) in [6.45, 7) is 5.28. The van der Waals surface area contributed by atoms with Crippen molar-refractivity contribution < 1.29 is 4.74 Å². The van der Waals surface area contributed by atoms with E-state index in [1.54, 1.807) is 7.11 Å². The number of hydrogen-bond donors (Lipinski definition) is 0. The summed E-state index contributed by atoms with van der Waals surface area (Å²) in [5, 5.41) is 0.827. The minimum Gasteiger partial charge on any atom is -0.497 e. The lowest BCUT2D eigenvalue weighted by Gasteiger charge is -2.39. The van der Waals surface area contributed by atoms with Crippen LogP contribution in [0.5, 0.6) is 5.75 Å². The molecule has 0 saturated carbocycles. The third kappa shape index (κ3) is 4.63. The lowest BCUT2D eigenvalue weighted by Crippen LogP contribution is -2.47. The Kier molecular flexibility index (Phi) is 6.24. The topological polar surface area (TPSA) is 15.7 Å². The second kappa shape index (κ2) is 9.25. The number of rotatable bonds is 4. The largest absolute Gasteiger partial charge is 0.497 e. The smallest absolute Gasteiger partial charge is 0.118 e. The molecule has 0 amide bonds. The van der Waals surface area contributed by atoms with Crippen molar-refractivity contribution in [3.05, 3.63) is 88.4 Å². The van der Waals surface area contributed by atoms with Gasteiger partial charge >= 0.3 is 0 Å². The van der Waals surface area contributed by atoms with Crippen molar-refractivity contribution >= 4 is 23.4 Å². The first-order valence-corrected chi connectivity index (χ1v) is 12.0. The van der Waals surface area contributed by atoms with Crippen LogP contribution in [0, 0.1) is 0 Å². The van der Waals surface area contributed by atoms with E-state index in [1.807, 2.05) is 30.0 Å². The Morgan fingerprint density at radius 3 is 2.48 bits per heavy atom. The molecule has 0 radical (unpaired) electrons. The maximum Gasteiger partial charge on any atom is 0.118 e. The highest BCUT2D eigenvalue weighted by molar-refractivity contribution is 7.99. The zero-order chi connectivity index (χ0) is 21.2. The van der Waals surface area contributed by atoms with Gasteiger partial charge in [-0.25, -0.2) is 0 Å². The van der Waals surface area contributed by atoms with E-state index in [0.717, 1.165) is 49.9 Å². The molecule has 0 aromatic heterocycles. The van der Waals surface area contributed by atoms with E-state index in [1.165, 1.54) is 26.5 Å². The van der Waals surface area contributed by atoms with Crippen molar-refractivity contribution in [2.45, 2.75) is 28.8 Å². The zero-order valence-electron chi connectivity index (χ0n) is 17.8. The fraction of sp³-hybridized carbons (Fsp3) is 0.308. The second-order valence-corrected chi connectivity index (χ2v) is 9.79. The quantitative estimate of drug-likeness (QED) is 0.490.